The molecule has 3 aromatic carbocycles. The quantitative estimate of drug-likeness (QED) is 0.0242. The number of carbonyl (C=O) groups is 3. The van der Waals surface area contributed by atoms with Crippen LogP contribution in [0.25, 0.3) is 49.3 Å². The number of pyridine rings is 1. The van der Waals surface area contributed by atoms with Crippen LogP contribution in [0.5, 0.6) is 40.2 Å². The number of hydrogen-bond donors (Lipinski definition) is 3. The van der Waals surface area contributed by atoms with Gasteiger partial charge in [-0.3, -0.25) is 14.4 Å². The molecular formula is C47H57ClN4O12. The zero-order chi connectivity index (χ0) is 45.0. The number of ether oxygens (including phenoxy) is 7. The first-order valence-electron chi connectivity index (χ1n) is 21.2. The molecule has 0 aliphatic carbocycles. The Morgan fingerprint density at radius 2 is 1.09 bits per heavy atom. The number of fused-ring (bicyclic) bond motifs is 7. The fraction of sp³-hybridized carbons (Fsp3) is 0.404. The number of unbranched alkanes of at least 4 members (excludes halogenated alkanes) is 6. The van der Waals surface area contributed by atoms with Crippen LogP contribution in [0.2, 0.25) is 0 Å². The molecule has 16 nitrogen and oxygen atoms in total. The van der Waals surface area contributed by atoms with E-state index in [0.717, 1.165) is 38.5 Å². The summed E-state index contributed by atoms with van der Waals surface area (Å²) in [5, 5.41) is 1.91. The summed E-state index contributed by atoms with van der Waals surface area (Å²) < 4.78 is 48.5. The van der Waals surface area contributed by atoms with Crippen molar-refractivity contribution >= 4 is 68.5 Å². The highest BCUT2D eigenvalue weighted by Crippen LogP contribution is 2.50. The summed E-state index contributed by atoms with van der Waals surface area (Å²) in [6, 6.07) is 11.7. The topological polar surface area (TPSA) is 228 Å². The Morgan fingerprint density at radius 1 is 0.547 bits per heavy atom. The predicted octanol–water partition coefficient (Wildman–Crippen LogP) is 7.75. The van der Waals surface area contributed by atoms with E-state index in [4.69, 9.17) is 54.8 Å². The minimum Gasteiger partial charge on any atom is -0.493 e. The van der Waals surface area contributed by atoms with E-state index in [9.17, 15) is 19.2 Å². The van der Waals surface area contributed by atoms with E-state index >= 15 is 0 Å². The standard InChI is InChI=1S/C47H56N4O12.ClH/c1-56-34-24-28(17-18-32(34)60-38(52)14-8-5-11-20-48)41-42-31-26-35(57-2)36(61-39(53)15-9-6-12-21-49)27-33(31)62-47(55)44(42)51-23-19-29-30(43(41)51)25-37(58-3)46(59-4)45(29)63-40(54)16-10-7-13-22-50;/h17-19,23-27H,5-16,20-22,48-50H2,1-4H3;1H. The molecule has 0 saturated carbocycles. The van der Waals surface area contributed by atoms with Crippen LogP contribution in [-0.2, 0) is 14.4 Å². The number of hydrogen-bond acceptors (Lipinski definition) is 15. The van der Waals surface area contributed by atoms with Gasteiger partial charge in [-0.2, -0.15) is 0 Å². The number of carbonyl (C=O) groups excluding carboxylic acids is 3. The van der Waals surface area contributed by atoms with E-state index in [0.29, 0.717) is 77.1 Å². The molecule has 6 aromatic rings. The van der Waals surface area contributed by atoms with Crippen LogP contribution in [0.3, 0.4) is 0 Å². The van der Waals surface area contributed by atoms with Gasteiger partial charge >= 0.3 is 23.5 Å². The molecule has 0 atom stereocenters. The van der Waals surface area contributed by atoms with Crippen molar-refractivity contribution < 1.29 is 52.0 Å². The minimum absolute atomic E-state index is 0. The number of esters is 3. The second-order valence-corrected chi connectivity index (χ2v) is 15.0. The maximum absolute atomic E-state index is 14.3. The normalized spacial score (nSPS) is 11.2. The smallest absolute Gasteiger partial charge is 0.361 e. The van der Waals surface area contributed by atoms with Gasteiger partial charge < -0.3 is 59.2 Å². The average Bonchev–Trinajstić information content (AvgIpc) is 3.64. The molecule has 0 radical (unpaired) electrons. The molecule has 0 fully saturated rings. The monoisotopic (exact) mass is 904 g/mol. The second-order valence-electron chi connectivity index (χ2n) is 15.0. The number of aromatic nitrogens is 1. The van der Waals surface area contributed by atoms with E-state index in [1.807, 2.05) is 0 Å². The van der Waals surface area contributed by atoms with Crippen molar-refractivity contribution in [2.24, 2.45) is 17.2 Å². The van der Waals surface area contributed by atoms with Gasteiger partial charge in [0.2, 0.25) is 5.75 Å². The maximum atomic E-state index is 14.3. The highest BCUT2D eigenvalue weighted by Gasteiger charge is 2.28. The van der Waals surface area contributed by atoms with Gasteiger partial charge in [0.25, 0.3) is 0 Å². The van der Waals surface area contributed by atoms with Crippen LogP contribution in [0.4, 0.5) is 0 Å². The van der Waals surface area contributed by atoms with Gasteiger partial charge in [-0.05, 0) is 94.1 Å². The summed E-state index contributed by atoms with van der Waals surface area (Å²) in [6.07, 6.45) is 8.70. The minimum atomic E-state index is -0.695. The zero-order valence-corrected chi connectivity index (χ0v) is 37.5. The molecule has 0 saturated heterocycles. The first-order chi connectivity index (χ1) is 30.6. The van der Waals surface area contributed by atoms with Gasteiger partial charge in [0.05, 0.1) is 34.0 Å². The van der Waals surface area contributed by atoms with Crippen LogP contribution >= 0.6 is 12.4 Å². The fourth-order valence-electron chi connectivity index (χ4n) is 7.73. The van der Waals surface area contributed by atoms with Gasteiger partial charge in [-0.1, -0.05) is 25.3 Å². The molecule has 6 rings (SSSR count). The summed E-state index contributed by atoms with van der Waals surface area (Å²) in [5.74, 6) is -0.0152. The molecule has 0 bridgehead atoms. The summed E-state index contributed by atoms with van der Waals surface area (Å²) >= 11 is 0. The molecule has 3 heterocycles. The molecule has 0 unspecified atom stereocenters. The lowest BCUT2D eigenvalue weighted by atomic mass is 9.97. The Balaban J connectivity index is 0.00000771. The summed E-state index contributed by atoms with van der Waals surface area (Å²) in [4.78, 5) is 53.5. The Labute approximate surface area is 376 Å². The van der Waals surface area contributed by atoms with Crippen molar-refractivity contribution in [2.45, 2.75) is 77.0 Å². The molecule has 0 amide bonds. The predicted molar refractivity (Wildman–Crippen MR) is 247 cm³/mol. The van der Waals surface area contributed by atoms with Gasteiger partial charge in [-0.25, -0.2) is 4.79 Å². The maximum Gasteiger partial charge on any atom is 0.361 e. The van der Waals surface area contributed by atoms with Crippen LogP contribution < -0.4 is 56.0 Å². The summed E-state index contributed by atoms with van der Waals surface area (Å²) in [5.41, 5.74) is 18.1. The Morgan fingerprint density at radius 3 is 1.66 bits per heavy atom. The largest absolute Gasteiger partial charge is 0.493 e. The average molecular weight is 905 g/mol. The van der Waals surface area contributed by atoms with Crippen LogP contribution in [0, 0.1) is 0 Å². The highest BCUT2D eigenvalue weighted by atomic mass is 35.5. The lowest BCUT2D eigenvalue weighted by molar-refractivity contribution is -0.135. The lowest BCUT2D eigenvalue weighted by Crippen LogP contribution is -2.10. The molecule has 64 heavy (non-hydrogen) atoms. The van der Waals surface area contributed by atoms with Gasteiger partial charge in [0.15, 0.2) is 34.5 Å². The van der Waals surface area contributed by atoms with E-state index in [2.05, 4.69) is 0 Å². The van der Waals surface area contributed by atoms with Crippen LogP contribution in [0.1, 0.15) is 77.0 Å². The Hall–Kier alpha value is -6.07. The van der Waals surface area contributed by atoms with Crippen molar-refractivity contribution in [1.82, 2.24) is 4.40 Å². The van der Waals surface area contributed by atoms with Crippen molar-refractivity contribution in [3.05, 3.63) is 59.1 Å². The van der Waals surface area contributed by atoms with Crippen molar-refractivity contribution in [2.75, 3.05) is 48.1 Å². The summed E-state index contributed by atoms with van der Waals surface area (Å²) in [7, 11) is 5.84. The number of benzene rings is 3. The van der Waals surface area contributed by atoms with Gasteiger partial charge in [0, 0.05) is 58.6 Å². The van der Waals surface area contributed by atoms with Gasteiger partial charge in [-0.15, -0.1) is 12.4 Å². The molecule has 0 aliphatic rings. The first kappa shape index (κ1) is 49.0. The van der Waals surface area contributed by atoms with E-state index < -0.39 is 23.5 Å². The molecule has 3 aromatic heterocycles. The Kier molecular flexibility index (Phi) is 17.6. The molecule has 17 heteroatoms. The molecule has 6 N–H and O–H groups in total. The van der Waals surface area contributed by atoms with E-state index in [-0.39, 0.29) is 83.0 Å². The van der Waals surface area contributed by atoms with Crippen molar-refractivity contribution in [1.29, 1.82) is 0 Å². The zero-order valence-electron chi connectivity index (χ0n) is 36.7. The number of halogens is 1. The van der Waals surface area contributed by atoms with E-state index in [1.165, 1.54) is 34.5 Å². The van der Waals surface area contributed by atoms with Gasteiger partial charge in [0.1, 0.15) is 11.1 Å². The third-order valence-corrected chi connectivity index (χ3v) is 10.8. The van der Waals surface area contributed by atoms with Crippen molar-refractivity contribution in [3.63, 3.8) is 0 Å². The molecule has 0 aliphatic heterocycles. The second kappa shape index (κ2) is 23.0. The van der Waals surface area contributed by atoms with Crippen LogP contribution in [-0.4, -0.2) is 70.4 Å². The third kappa shape index (κ3) is 10.6. The molecule has 0 spiro atoms. The SMILES string of the molecule is COc1cc(-c2c3c4cc(OC)c(OC(=O)CCCCCN)cc4oc(=O)c3n3ccc4c(OC(=O)CCCCCN)c(OC)c(OC)cc4c23)ccc1OC(=O)CCCCCN.Cl. The molecule has 344 valence electrons. The number of nitrogens with zero attached hydrogens (tertiary/aromatic N) is 1. The third-order valence-electron chi connectivity index (χ3n) is 10.8. The summed E-state index contributed by atoms with van der Waals surface area (Å²) in [6.45, 7) is 1.59. The number of methoxy groups -OCH3 is 4. The number of nitrogens with two attached hydrogens (primary N) is 3. The Bertz CT molecular complexity index is 2680. The van der Waals surface area contributed by atoms with E-state index in [1.54, 1.807) is 47.0 Å². The first-order valence-corrected chi connectivity index (χ1v) is 21.2. The highest BCUT2D eigenvalue weighted by molar-refractivity contribution is 6.22. The fourth-order valence-corrected chi connectivity index (χ4v) is 7.73. The number of rotatable bonds is 23. The molecular weight excluding hydrogens is 848 g/mol. The van der Waals surface area contributed by atoms with Crippen LogP contribution in [0.15, 0.2) is 57.9 Å². The van der Waals surface area contributed by atoms with Crippen molar-refractivity contribution in [3.8, 4) is 51.4 Å². The lowest BCUT2D eigenvalue weighted by Gasteiger charge is -2.17.